The summed E-state index contributed by atoms with van der Waals surface area (Å²) < 4.78 is 30.0. The molecule has 3 heterocycles. The molecule has 0 aromatic rings. The van der Waals surface area contributed by atoms with E-state index in [1.165, 1.54) is 12.0 Å². The number of piperidine rings is 1. The molecule has 2 saturated heterocycles. The Kier molecular flexibility index (Phi) is 18.3. The van der Waals surface area contributed by atoms with Gasteiger partial charge in [0, 0.05) is 52.0 Å². The monoisotopic (exact) mass is 833 g/mol. The van der Waals surface area contributed by atoms with E-state index in [9.17, 15) is 29.7 Å². The summed E-state index contributed by atoms with van der Waals surface area (Å²) in [7, 11) is 6.13. The average molecular weight is 833 g/mol. The Morgan fingerprint density at radius 3 is 2.27 bits per heavy atom. The molecule has 1 aliphatic carbocycles. The zero-order valence-electron chi connectivity index (χ0n) is 36.8. The number of allylic oxidation sites excluding steroid dienone is 4. The largest absolute Gasteiger partial charge is 0.456 e. The van der Waals surface area contributed by atoms with Gasteiger partial charge in [0.2, 0.25) is 5.79 Å². The first-order valence-electron chi connectivity index (χ1n) is 21.5. The normalized spacial score (nSPS) is 40.6. The molecule has 1 saturated carbocycles. The molecule has 4 rings (SSSR count). The number of amides is 1. The first-order valence-corrected chi connectivity index (χ1v) is 21.5. The van der Waals surface area contributed by atoms with E-state index in [0.29, 0.717) is 62.7 Å². The molecule has 14 atom stereocenters. The summed E-state index contributed by atoms with van der Waals surface area (Å²) in [6.07, 6.45) is 6.23. The smallest absolute Gasteiger partial charge is 0.329 e. The maximum atomic E-state index is 14.4. The number of oxime groups is 1. The van der Waals surface area contributed by atoms with E-state index in [-0.39, 0.29) is 49.7 Å². The predicted octanol–water partition coefficient (Wildman–Crippen LogP) is 5.07. The molecule has 4 aliphatic rings. The molecule has 1 amide bonds. The average Bonchev–Trinajstić information content (AvgIpc) is 3.21. The van der Waals surface area contributed by atoms with Crippen LogP contribution in [0.15, 0.2) is 41.1 Å². The molecule has 0 aromatic carbocycles. The fraction of sp³-hybridized carbons (Fsp3) is 0.778. The van der Waals surface area contributed by atoms with Crippen molar-refractivity contribution in [3.63, 3.8) is 0 Å². The predicted molar refractivity (Wildman–Crippen MR) is 222 cm³/mol. The molecule has 0 radical (unpaired) electrons. The van der Waals surface area contributed by atoms with Crippen LogP contribution in [0.25, 0.3) is 0 Å². The van der Waals surface area contributed by atoms with Gasteiger partial charge in [-0.3, -0.25) is 9.59 Å². The van der Waals surface area contributed by atoms with Crippen LogP contribution in [-0.4, -0.2) is 133 Å². The van der Waals surface area contributed by atoms with Crippen LogP contribution in [0.3, 0.4) is 0 Å². The van der Waals surface area contributed by atoms with Crippen molar-refractivity contribution in [1.29, 1.82) is 0 Å². The summed E-state index contributed by atoms with van der Waals surface area (Å²) in [4.78, 5) is 49.5. The van der Waals surface area contributed by atoms with Crippen LogP contribution in [0.5, 0.6) is 0 Å². The molecule has 3 aliphatic heterocycles. The van der Waals surface area contributed by atoms with Crippen LogP contribution in [0.4, 0.5) is 0 Å². The molecule has 2 bridgehead atoms. The number of nitrogens with zero attached hydrogens (tertiary/aromatic N) is 2. The topological polar surface area (TPSA) is 183 Å². The van der Waals surface area contributed by atoms with Crippen molar-refractivity contribution in [1.82, 2.24) is 4.90 Å². The van der Waals surface area contributed by atoms with Crippen molar-refractivity contribution in [3.8, 4) is 0 Å². The Morgan fingerprint density at radius 1 is 0.949 bits per heavy atom. The fourth-order valence-electron chi connectivity index (χ4n) is 9.66. The Hall–Kier alpha value is -2.98. The van der Waals surface area contributed by atoms with Crippen LogP contribution >= 0.6 is 0 Å². The zero-order chi connectivity index (χ0) is 43.6. The summed E-state index contributed by atoms with van der Waals surface area (Å²) in [5, 5.41) is 39.0. The number of aliphatic hydroxyl groups is 3. The van der Waals surface area contributed by atoms with E-state index in [1.54, 1.807) is 34.3 Å². The van der Waals surface area contributed by atoms with Gasteiger partial charge < -0.3 is 48.7 Å². The van der Waals surface area contributed by atoms with Crippen LogP contribution in [0, 0.1) is 29.6 Å². The van der Waals surface area contributed by atoms with Gasteiger partial charge in [0.05, 0.1) is 36.2 Å². The van der Waals surface area contributed by atoms with Crippen LogP contribution in [-0.2, 0) is 42.9 Å². The maximum Gasteiger partial charge on any atom is 0.329 e. The van der Waals surface area contributed by atoms with Crippen molar-refractivity contribution in [2.45, 2.75) is 160 Å². The number of esters is 1. The van der Waals surface area contributed by atoms with Gasteiger partial charge in [-0.2, -0.15) is 0 Å². The molecule has 3 fully saturated rings. The number of ether oxygens (including phenoxy) is 5. The van der Waals surface area contributed by atoms with Crippen molar-refractivity contribution < 1.29 is 58.2 Å². The third-order valence-corrected chi connectivity index (χ3v) is 13.1. The summed E-state index contributed by atoms with van der Waals surface area (Å²) in [6.45, 7) is 13.5. The maximum absolute atomic E-state index is 14.4. The van der Waals surface area contributed by atoms with Gasteiger partial charge in [0.25, 0.3) is 11.7 Å². The second-order valence-corrected chi connectivity index (χ2v) is 17.6. The van der Waals surface area contributed by atoms with E-state index in [1.807, 2.05) is 26.8 Å². The SMILES string of the molecule is C=CC[C@@H]1/C=C(\C)C[C@H](C)C[C@H](OC)[C@H]2O[C@@](O)(C(=O)C(=O)N3CCCC[C@H]3C(=O)O[C@H](/C(C)=C/[C@@H]3CC[C@@H](O)[C@H](OC)C3)[C@H](C)[C@@H](O)C/C1=N/OC)[C@H](C)C[C@@H]2OC. The number of hydrogen-bond donors (Lipinski definition) is 3. The molecule has 59 heavy (non-hydrogen) atoms. The number of cyclic esters (lactones) is 1. The zero-order valence-corrected chi connectivity index (χ0v) is 36.8. The van der Waals surface area contributed by atoms with E-state index >= 15 is 0 Å². The quantitative estimate of drug-likeness (QED) is 0.128. The molecule has 3 N–H and O–H groups in total. The summed E-state index contributed by atoms with van der Waals surface area (Å²) in [6, 6.07) is -1.12. The van der Waals surface area contributed by atoms with E-state index in [0.717, 1.165) is 5.57 Å². The van der Waals surface area contributed by atoms with Crippen molar-refractivity contribution in [2.24, 2.45) is 34.7 Å². The van der Waals surface area contributed by atoms with Gasteiger partial charge in [-0.15, -0.1) is 6.58 Å². The van der Waals surface area contributed by atoms with Crippen molar-refractivity contribution in [3.05, 3.63) is 36.0 Å². The van der Waals surface area contributed by atoms with Crippen molar-refractivity contribution >= 4 is 23.4 Å². The molecule has 14 nitrogen and oxygen atoms in total. The van der Waals surface area contributed by atoms with Crippen LogP contribution < -0.4 is 0 Å². The third-order valence-electron chi connectivity index (χ3n) is 13.1. The Morgan fingerprint density at radius 2 is 1.63 bits per heavy atom. The number of fused-ring (bicyclic) bond motifs is 3. The first kappa shape index (κ1) is 48.7. The molecule has 334 valence electrons. The summed E-state index contributed by atoms with van der Waals surface area (Å²) in [5.74, 6) is -7.07. The second-order valence-electron chi connectivity index (χ2n) is 17.6. The molecular weight excluding hydrogens is 760 g/mol. The van der Waals surface area contributed by atoms with Gasteiger partial charge in [-0.05, 0) is 95.5 Å². The number of carbonyl (C=O) groups excluding carboxylic acids is 3. The second kappa shape index (κ2) is 22.2. The van der Waals surface area contributed by atoms with Crippen molar-refractivity contribution in [2.75, 3.05) is 35.0 Å². The van der Waals surface area contributed by atoms with Crippen LogP contribution in [0.2, 0.25) is 0 Å². The summed E-state index contributed by atoms with van der Waals surface area (Å²) >= 11 is 0. The molecule has 0 unspecified atom stereocenters. The highest BCUT2D eigenvalue weighted by Crippen LogP contribution is 2.39. The standard InChI is InChI=1S/C45H72N2O12/c1-11-14-32-20-26(2)19-27(3)21-38(55-8)41-39(56-9)23-29(5)45(53,59-41)42(50)43(51)47-18-13-12-15-34(47)44(52)58-40(30(6)36(49)25-33(32)46-57-10)28(4)22-31-16-17-35(48)37(24-31)54-7/h11,20,22,27,29-32,34-41,48-49,53H,1,12-19,21,23-25H2,2-10H3/b26-20+,28-22+,46-33-/t27-,29+,30+,31-,32+,34-,35+,36-,37+,38-,39-,40+,41+,45+/m0/s1. The minimum absolute atomic E-state index is 0.0115. The lowest BCUT2D eigenvalue weighted by Crippen LogP contribution is -2.64. The number of Topliss-reactive ketones (excluding diaryl/α,β-unsaturated/α-hetero) is 1. The van der Waals surface area contributed by atoms with E-state index in [4.69, 9.17) is 28.5 Å². The Bertz CT molecular complexity index is 1530. The third kappa shape index (κ3) is 11.9. The van der Waals surface area contributed by atoms with Gasteiger partial charge >= 0.3 is 5.97 Å². The highest BCUT2D eigenvalue weighted by Gasteiger charge is 2.56. The lowest BCUT2D eigenvalue weighted by Gasteiger charge is -2.47. The number of ketones is 1. The number of aliphatic hydroxyl groups excluding tert-OH is 2. The summed E-state index contributed by atoms with van der Waals surface area (Å²) in [5.41, 5.74) is 2.36. The number of rotatable bonds is 8. The van der Waals surface area contributed by atoms with Gasteiger partial charge in [0.1, 0.15) is 25.4 Å². The first-order chi connectivity index (χ1) is 28.0. The Balaban J connectivity index is 1.82. The minimum Gasteiger partial charge on any atom is -0.456 e. The lowest BCUT2D eigenvalue weighted by molar-refractivity contribution is -0.302. The number of methoxy groups -OCH3 is 3. The van der Waals surface area contributed by atoms with Crippen LogP contribution in [0.1, 0.15) is 105 Å². The Labute approximate surface area is 351 Å². The van der Waals surface area contributed by atoms with Gasteiger partial charge in [-0.1, -0.05) is 49.7 Å². The van der Waals surface area contributed by atoms with Gasteiger partial charge in [-0.25, -0.2) is 4.79 Å². The number of hydrogen-bond acceptors (Lipinski definition) is 13. The molecule has 0 spiro atoms. The molecule has 0 aromatic heterocycles. The lowest BCUT2D eigenvalue weighted by atomic mass is 9.81. The minimum atomic E-state index is -2.50. The van der Waals surface area contributed by atoms with Gasteiger partial charge in [0.15, 0.2) is 0 Å². The highest BCUT2D eigenvalue weighted by atomic mass is 16.7. The van der Waals surface area contributed by atoms with E-state index in [2.05, 4.69) is 24.7 Å². The highest BCUT2D eigenvalue weighted by molar-refractivity contribution is 6.39. The fourth-order valence-corrected chi connectivity index (χ4v) is 9.66. The van der Waals surface area contributed by atoms with E-state index < -0.39 is 77.9 Å². The molecule has 14 heteroatoms. The molecular formula is C45H72N2O12. The number of carbonyl (C=O) groups is 3.